The highest BCUT2D eigenvalue weighted by molar-refractivity contribution is 6.33. The highest BCUT2D eigenvalue weighted by atomic mass is 35.5. The van der Waals surface area contributed by atoms with E-state index < -0.39 is 0 Å². The molecule has 0 atom stereocenters. The second-order valence-electron chi connectivity index (χ2n) is 4.64. The molecule has 0 radical (unpaired) electrons. The highest BCUT2D eigenvalue weighted by Gasteiger charge is 2.21. The van der Waals surface area contributed by atoms with Crippen molar-refractivity contribution in [3.63, 3.8) is 0 Å². The number of benzene rings is 1. The lowest BCUT2D eigenvalue weighted by Crippen LogP contribution is -2.34. The van der Waals surface area contributed by atoms with E-state index in [0.29, 0.717) is 0 Å². The van der Waals surface area contributed by atoms with Gasteiger partial charge in [-0.05, 0) is 18.7 Å². The van der Waals surface area contributed by atoms with Gasteiger partial charge < -0.3 is 14.8 Å². The third-order valence-corrected chi connectivity index (χ3v) is 3.70. The van der Waals surface area contributed by atoms with Crippen molar-refractivity contribution in [2.75, 3.05) is 18.5 Å². The Hall–Kier alpha value is -1.59. The molecule has 0 amide bonds. The molecule has 19 heavy (non-hydrogen) atoms. The smallest absolute Gasteiger partial charge is 0.152 e. The van der Waals surface area contributed by atoms with E-state index >= 15 is 0 Å². The van der Waals surface area contributed by atoms with Crippen LogP contribution in [0.3, 0.4) is 0 Å². The van der Waals surface area contributed by atoms with Crippen molar-refractivity contribution in [1.82, 2.24) is 20.1 Å². The van der Waals surface area contributed by atoms with Crippen LogP contribution in [0.5, 0.6) is 0 Å². The fourth-order valence-electron chi connectivity index (χ4n) is 2.50. The Morgan fingerprint density at radius 1 is 1.37 bits per heavy atom. The van der Waals surface area contributed by atoms with Crippen LogP contribution in [0.4, 0.5) is 5.69 Å². The summed E-state index contributed by atoms with van der Waals surface area (Å²) in [7, 11) is 1.94. The largest absolute Gasteiger partial charge is 0.361 e. The number of nitrogens with one attached hydrogen (secondary N) is 1. The van der Waals surface area contributed by atoms with E-state index in [1.165, 1.54) is 5.56 Å². The van der Waals surface area contributed by atoms with E-state index in [-0.39, 0.29) is 0 Å². The molecular formula is C13H16ClN5. The van der Waals surface area contributed by atoms with Crippen LogP contribution < -0.4 is 10.2 Å². The van der Waals surface area contributed by atoms with E-state index in [4.69, 9.17) is 11.6 Å². The minimum absolute atomic E-state index is 0.750. The summed E-state index contributed by atoms with van der Waals surface area (Å²) >= 11 is 6.39. The number of rotatable bonds is 3. The summed E-state index contributed by atoms with van der Waals surface area (Å²) in [6.07, 6.45) is 1.79. The summed E-state index contributed by atoms with van der Waals surface area (Å²) in [5.74, 6) is 0.988. The second-order valence-corrected chi connectivity index (χ2v) is 5.05. The van der Waals surface area contributed by atoms with Gasteiger partial charge in [0, 0.05) is 19.6 Å². The first-order valence-electron chi connectivity index (χ1n) is 6.33. The number of fused-ring (bicyclic) bond motifs is 1. The molecule has 0 aliphatic carbocycles. The van der Waals surface area contributed by atoms with Crippen molar-refractivity contribution in [2.24, 2.45) is 0 Å². The normalized spacial score (nSPS) is 14.5. The van der Waals surface area contributed by atoms with E-state index in [1.54, 1.807) is 6.33 Å². The van der Waals surface area contributed by atoms with Crippen molar-refractivity contribution in [3.05, 3.63) is 40.9 Å². The highest BCUT2D eigenvalue weighted by Crippen LogP contribution is 2.32. The Bertz CT molecular complexity index is 580. The van der Waals surface area contributed by atoms with Crippen LogP contribution in [0.25, 0.3) is 0 Å². The van der Waals surface area contributed by atoms with Crippen LogP contribution in [0.1, 0.15) is 11.4 Å². The van der Waals surface area contributed by atoms with Gasteiger partial charge in [0.25, 0.3) is 0 Å². The zero-order chi connectivity index (χ0) is 13.2. The molecule has 0 unspecified atom stereocenters. The van der Waals surface area contributed by atoms with Gasteiger partial charge in [-0.15, -0.1) is 10.2 Å². The molecule has 0 bridgehead atoms. The van der Waals surface area contributed by atoms with Crippen molar-refractivity contribution in [2.45, 2.75) is 19.6 Å². The first kappa shape index (κ1) is 12.4. The van der Waals surface area contributed by atoms with Crippen molar-refractivity contribution in [1.29, 1.82) is 0 Å². The van der Waals surface area contributed by atoms with Gasteiger partial charge in [-0.1, -0.05) is 23.7 Å². The zero-order valence-electron chi connectivity index (χ0n) is 10.8. The topological polar surface area (TPSA) is 46.0 Å². The number of hydrogen-bond donors (Lipinski definition) is 1. The number of aromatic nitrogens is 3. The molecule has 1 aliphatic rings. The zero-order valence-corrected chi connectivity index (χ0v) is 11.6. The molecule has 0 spiro atoms. The third-order valence-electron chi connectivity index (χ3n) is 3.39. The lowest BCUT2D eigenvalue weighted by Gasteiger charge is -2.31. The van der Waals surface area contributed by atoms with Crippen LogP contribution in [0.2, 0.25) is 5.02 Å². The Balaban J connectivity index is 1.95. The van der Waals surface area contributed by atoms with Gasteiger partial charge in [0.05, 0.1) is 17.3 Å². The number of halogens is 1. The number of anilines is 1. The Kier molecular flexibility index (Phi) is 3.40. The summed E-state index contributed by atoms with van der Waals surface area (Å²) in [6, 6.07) is 6.04. The second kappa shape index (κ2) is 5.19. The molecule has 5 nitrogen and oxygen atoms in total. The van der Waals surface area contributed by atoms with Crippen LogP contribution in [-0.4, -0.2) is 28.4 Å². The van der Waals surface area contributed by atoms with Gasteiger partial charge in [0.1, 0.15) is 6.33 Å². The molecule has 0 saturated heterocycles. The SMILES string of the molecule is CNCc1cccc(Cl)c1N1CCn2cnnc2C1. The lowest BCUT2D eigenvalue weighted by atomic mass is 10.1. The number of nitrogens with zero attached hydrogens (tertiary/aromatic N) is 4. The summed E-state index contributed by atoms with van der Waals surface area (Å²) in [4.78, 5) is 2.28. The molecule has 2 aromatic rings. The summed E-state index contributed by atoms with van der Waals surface area (Å²) < 4.78 is 2.09. The van der Waals surface area contributed by atoms with Crippen molar-refractivity contribution < 1.29 is 0 Å². The summed E-state index contributed by atoms with van der Waals surface area (Å²) in [5.41, 5.74) is 2.32. The molecule has 1 N–H and O–H groups in total. The van der Waals surface area contributed by atoms with E-state index in [1.807, 2.05) is 19.2 Å². The molecule has 0 saturated carbocycles. The molecule has 0 fully saturated rings. The Morgan fingerprint density at radius 2 is 2.26 bits per heavy atom. The maximum Gasteiger partial charge on any atom is 0.152 e. The molecule has 1 aromatic carbocycles. The first-order valence-corrected chi connectivity index (χ1v) is 6.71. The molecule has 3 rings (SSSR count). The maximum atomic E-state index is 6.39. The third kappa shape index (κ3) is 2.31. The fourth-order valence-corrected chi connectivity index (χ4v) is 2.82. The van der Waals surface area contributed by atoms with E-state index in [0.717, 1.165) is 42.7 Å². The van der Waals surface area contributed by atoms with Crippen molar-refractivity contribution >= 4 is 17.3 Å². The van der Waals surface area contributed by atoms with Gasteiger partial charge in [0.2, 0.25) is 0 Å². The molecular weight excluding hydrogens is 262 g/mol. The van der Waals surface area contributed by atoms with Crippen LogP contribution in [0.15, 0.2) is 24.5 Å². The molecule has 6 heteroatoms. The monoisotopic (exact) mass is 277 g/mol. The van der Waals surface area contributed by atoms with Crippen LogP contribution in [0, 0.1) is 0 Å². The van der Waals surface area contributed by atoms with Crippen molar-refractivity contribution in [3.8, 4) is 0 Å². The molecule has 1 aromatic heterocycles. The average Bonchev–Trinajstić information content (AvgIpc) is 2.86. The standard InChI is InChI=1S/C13H16ClN5/c1-15-7-10-3-2-4-11(14)13(10)18-5-6-19-9-16-17-12(19)8-18/h2-4,9,15H,5-8H2,1H3. The molecule has 1 aliphatic heterocycles. The average molecular weight is 278 g/mol. The first-order chi connectivity index (χ1) is 9.29. The van der Waals surface area contributed by atoms with Crippen LogP contribution in [-0.2, 0) is 19.6 Å². The number of hydrogen-bond acceptors (Lipinski definition) is 4. The van der Waals surface area contributed by atoms with E-state index in [9.17, 15) is 0 Å². The minimum atomic E-state index is 0.750. The lowest BCUT2D eigenvalue weighted by molar-refractivity contribution is 0.558. The van der Waals surface area contributed by atoms with Gasteiger partial charge in [-0.2, -0.15) is 0 Å². The van der Waals surface area contributed by atoms with Crippen LogP contribution >= 0.6 is 11.6 Å². The summed E-state index contributed by atoms with van der Waals surface area (Å²) in [6.45, 7) is 3.37. The van der Waals surface area contributed by atoms with Gasteiger partial charge in [0.15, 0.2) is 5.82 Å². The maximum absolute atomic E-state index is 6.39. The predicted molar refractivity (Wildman–Crippen MR) is 75.3 cm³/mol. The Labute approximate surface area is 117 Å². The van der Waals surface area contributed by atoms with Gasteiger partial charge in [-0.25, -0.2) is 0 Å². The Morgan fingerprint density at radius 3 is 3.11 bits per heavy atom. The number of para-hydroxylation sites is 1. The van der Waals surface area contributed by atoms with E-state index in [2.05, 4.69) is 31.0 Å². The molecule has 100 valence electrons. The van der Waals surface area contributed by atoms with Gasteiger partial charge >= 0.3 is 0 Å². The summed E-state index contributed by atoms with van der Waals surface area (Å²) in [5, 5.41) is 12.1. The fraction of sp³-hybridized carbons (Fsp3) is 0.385. The van der Waals surface area contributed by atoms with Gasteiger partial charge in [-0.3, -0.25) is 0 Å². The minimum Gasteiger partial charge on any atom is -0.361 e. The molecule has 2 heterocycles. The predicted octanol–water partition coefficient (Wildman–Crippen LogP) is 1.67. The quantitative estimate of drug-likeness (QED) is 0.927.